The molecule has 0 aromatic heterocycles. The number of Topliss-reactive ketones (excluding diaryl/α,β-unsaturated/α-hetero) is 1. The van der Waals surface area contributed by atoms with E-state index in [1.165, 1.54) is 11.1 Å². The Labute approximate surface area is 198 Å². The van der Waals surface area contributed by atoms with Crippen LogP contribution in [0.25, 0.3) is 0 Å². The van der Waals surface area contributed by atoms with E-state index in [4.69, 9.17) is 9.05 Å². The Bertz CT molecular complexity index is 804. The van der Waals surface area contributed by atoms with Crippen LogP contribution in [-0.2, 0) is 19.3 Å². The first-order valence-electron chi connectivity index (χ1n) is 12.1. The number of rotatable bonds is 12. The van der Waals surface area contributed by atoms with Crippen LogP contribution in [0.5, 0.6) is 0 Å². The minimum atomic E-state index is -3.85. The van der Waals surface area contributed by atoms with E-state index in [1.54, 1.807) is 0 Å². The second-order valence-corrected chi connectivity index (χ2v) is 10.8. The summed E-state index contributed by atoms with van der Waals surface area (Å²) >= 11 is 0. The lowest BCUT2D eigenvalue weighted by Crippen LogP contribution is -2.35. The van der Waals surface area contributed by atoms with E-state index >= 15 is 0 Å². The predicted octanol–water partition coefficient (Wildman–Crippen LogP) is 6.40. The van der Waals surface area contributed by atoms with Crippen LogP contribution >= 0.6 is 8.17 Å². The number of benzene rings is 2. The Morgan fingerprint density at radius 2 is 1.48 bits per heavy atom. The molecule has 2 N–H and O–H groups in total. The SMILES string of the molecule is CC(C)C(=O)CCCCCO[P+](O)(O)OC1CCC(c2ccccc2)(c2ccccc2)CC1. The van der Waals surface area contributed by atoms with E-state index in [0.29, 0.717) is 12.8 Å². The highest BCUT2D eigenvalue weighted by Crippen LogP contribution is 2.56. The summed E-state index contributed by atoms with van der Waals surface area (Å²) in [7, 11) is -3.85. The van der Waals surface area contributed by atoms with Gasteiger partial charge in [0.25, 0.3) is 0 Å². The van der Waals surface area contributed by atoms with Gasteiger partial charge in [0.1, 0.15) is 18.5 Å². The molecule has 0 radical (unpaired) electrons. The highest BCUT2D eigenvalue weighted by atomic mass is 31.2. The fourth-order valence-corrected chi connectivity index (χ4v) is 5.75. The molecular weight excluding hydrogens is 435 g/mol. The van der Waals surface area contributed by atoms with Crippen molar-refractivity contribution in [2.24, 2.45) is 5.92 Å². The molecule has 1 aliphatic rings. The Morgan fingerprint density at radius 1 is 0.939 bits per heavy atom. The van der Waals surface area contributed by atoms with Gasteiger partial charge < -0.3 is 0 Å². The predicted molar refractivity (Wildman–Crippen MR) is 133 cm³/mol. The molecule has 0 amide bonds. The van der Waals surface area contributed by atoms with Crippen LogP contribution in [0.2, 0.25) is 0 Å². The average molecular weight is 474 g/mol. The van der Waals surface area contributed by atoms with Crippen molar-refractivity contribution in [3.63, 3.8) is 0 Å². The van der Waals surface area contributed by atoms with E-state index in [9.17, 15) is 14.6 Å². The summed E-state index contributed by atoms with van der Waals surface area (Å²) in [4.78, 5) is 32.3. The molecule has 0 atom stereocenters. The smallest absolute Gasteiger partial charge is 0.299 e. The van der Waals surface area contributed by atoms with Crippen LogP contribution in [0.15, 0.2) is 60.7 Å². The molecule has 0 spiro atoms. The van der Waals surface area contributed by atoms with Gasteiger partial charge in [0.2, 0.25) is 0 Å². The summed E-state index contributed by atoms with van der Waals surface area (Å²) in [6, 6.07) is 21.1. The second kappa shape index (κ2) is 12.2. The number of unbranched alkanes of at least 4 members (excludes halogenated alkanes) is 2. The summed E-state index contributed by atoms with van der Waals surface area (Å²) in [5, 5.41) is 0. The van der Waals surface area contributed by atoms with Gasteiger partial charge in [-0.3, -0.25) is 4.79 Å². The van der Waals surface area contributed by atoms with Crippen LogP contribution in [0.1, 0.15) is 76.3 Å². The van der Waals surface area contributed by atoms with Gasteiger partial charge in [-0.05, 0) is 49.7 Å². The molecule has 2 aromatic rings. The van der Waals surface area contributed by atoms with Crippen LogP contribution in [0.4, 0.5) is 0 Å². The molecule has 0 saturated heterocycles. The number of ketones is 1. The van der Waals surface area contributed by atoms with Crippen molar-refractivity contribution < 1.29 is 23.6 Å². The lowest BCUT2D eigenvalue weighted by Gasteiger charge is -2.40. The highest BCUT2D eigenvalue weighted by Gasteiger charge is 2.46. The van der Waals surface area contributed by atoms with Gasteiger partial charge in [0.05, 0.1) is 0 Å². The van der Waals surface area contributed by atoms with Gasteiger partial charge in [0, 0.05) is 17.8 Å². The van der Waals surface area contributed by atoms with E-state index in [0.717, 1.165) is 38.5 Å². The van der Waals surface area contributed by atoms with Crippen LogP contribution < -0.4 is 0 Å². The molecule has 2 aromatic carbocycles. The third kappa shape index (κ3) is 7.43. The molecular formula is C27H38O5P+. The van der Waals surface area contributed by atoms with Crippen molar-refractivity contribution in [2.45, 2.75) is 76.7 Å². The van der Waals surface area contributed by atoms with Gasteiger partial charge in [-0.25, -0.2) is 0 Å². The number of carbonyl (C=O) groups excluding carboxylic acids is 1. The van der Waals surface area contributed by atoms with Crippen molar-refractivity contribution >= 4 is 14.0 Å². The van der Waals surface area contributed by atoms with E-state index < -0.39 is 8.17 Å². The van der Waals surface area contributed by atoms with Crippen molar-refractivity contribution in [3.8, 4) is 0 Å². The molecule has 0 unspecified atom stereocenters. The summed E-state index contributed by atoms with van der Waals surface area (Å²) in [5.41, 5.74) is 2.48. The molecule has 3 rings (SSSR count). The maximum absolute atomic E-state index is 11.7. The summed E-state index contributed by atoms with van der Waals surface area (Å²) in [6.07, 6.45) is 5.82. The van der Waals surface area contributed by atoms with Gasteiger partial charge in [-0.2, -0.15) is 18.8 Å². The van der Waals surface area contributed by atoms with E-state index in [-0.39, 0.29) is 29.8 Å². The largest absolute Gasteiger partial charge is 0.570 e. The first kappa shape index (κ1) is 26.0. The summed E-state index contributed by atoms with van der Waals surface area (Å²) in [6.45, 7) is 4.05. The lowest BCUT2D eigenvalue weighted by molar-refractivity contribution is -0.122. The molecule has 1 aliphatic carbocycles. The first-order chi connectivity index (χ1) is 15.8. The van der Waals surface area contributed by atoms with E-state index in [1.807, 2.05) is 26.0 Å². The molecule has 1 fully saturated rings. The van der Waals surface area contributed by atoms with Gasteiger partial charge >= 0.3 is 8.17 Å². The fourth-order valence-electron chi connectivity index (χ4n) is 4.72. The topological polar surface area (TPSA) is 76.0 Å². The maximum Gasteiger partial charge on any atom is 0.570 e. The number of hydrogen-bond donors (Lipinski definition) is 2. The quantitative estimate of drug-likeness (QED) is 0.276. The van der Waals surface area contributed by atoms with Crippen LogP contribution in [0, 0.1) is 5.92 Å². The third-order valence-corrected chi connectivity index (χ3v) is 7.79. The van der Waals surface area contributed by atoms with Gasteiger partial charge in [-0.1, -0.05) is 80.9 Å². The minimum Gasteiger partial charge on any atom is -0.299 e. The molecule has 0 aliphatic heterocycles. The van der Waals surface area contributed by atoms with Crippen LogP contribution in [0.3, 0.4) is 0 Å². The maximum atomic E-state index is 11.7. The first-order valence-corrected chi connectivity index (χ1v) is 13.7. The minimum absolute atomic E-state index is 0.0705. The Balaban J connectivity index is 1.49. The Morgan fingerprint density at radius 3 is 2.00 bits per heavy atom. The molecule has 6 heteroatoms. The van der Waals surface area contributed by atoms with Crippen LogP contribution in [-0.4, -0.2) is 28.3 Å². The van der Waals surface area contributed by atoms with Crippen molar-refractivity contribution in [2.75, 3.05) is 6.61 Å². The molecule has 180 valence electrons. The average Bonchev–Trinajstić information content (AvgIpc) is 2.82. The van der Waals surface area contributed by atoms with Crippen molar-refractivity contribution in [1.29, 1.82) is 0 Å². The zero-order chi connectivity index (χ0) is 23.7. The Hall–Kier alpha value is -1.62. The third-order valence-electron chi connectivity index (χ3n) is 6.70. The normalized spacial score (nSPS) is 16.8. The summed E-state index contributed by atoms with van der Waals surface area (Å²) in [5.74, 6) is 0.339. The number of hydrogen-bond acceptors (Lipinski definition) is 5. The monoisotopic (exact) mass is 473 g/mol. The molecule has 0 heterocycles. The zero-order valence-electron chi connectivity index (χ0n) is 19.9. The second-order valence-electron chi connectivity index (χ2n) is 9.37. The van der Waals surface area contributed by atoms with Crippen molar-refractivity contribution in [3.05, 3.63) is 71.8 Å². The zero-order valence-corrected chi connectivity index (χ0v) is 20.8. The molecule has 1 saturated carbocycles. The molecule has 0 bridgehead atoms. The fraction of sp³-hybridized carbons (Fsp3) is 0.519. The summed E-state index contributed by atoms with van der Waals surface area (Å²) < 4.78 is 11.0. The number of carbonyl (C=O) groups is 1. The van der Waals surface area contributed by atoms with Gasteiger partial charge in [0.15, 0.2) is 0 Å². The molecule has 33 heavy (non-hydrogen) atoms. The Kier molecular flexibility index (Phi) is 9.60. The van der Waals surface area contributed by atoms with Crippen molar-refractivity contribution in [1.82, 2.24) is 0 Å². The van der Waals surface area contributed by atoms with Gasteiger partial charge in [-0.15, -0.1) is 0 Å². The molecule has 5 nitrogen and oxygen atoms in total. The highest BCUT2D eigenvalue weighted by molar-refractivity contribution is 7.54. The standard InChI is InChI=1S/C27H38O5P/c1-22(2)26(28)16-10-5-11-21-31-33(29,30)32-25-17-19-27(20-18-25,23-12-6-3-7-13-23)24-14-8-4-9-15-24/h3-4,6-9,12-15,22,25,29-30H,5,10-11,16-21H2,1-2H3/q+1. The van der Waals surface area contributed by atoms with E-state index in [2.05, 4.69) is 48.5 Å². The lowest BCUT2D eigenvalue weighted by atomic mass is 9.65.